The van der Waals surface area contributed by atoms with Crippen LogP contribution in [-0.2, 0) is 32.1 Å². The molecule has 0 heterocycles. The summed E-state index contributed by atoms with van der Waals surface area (Å²) < 4.78 is 0. The largest absolute Gasteiger partial charge is 0.507 e. The van der Waals surface area contributed by atoms with E-state index in [1.807, 2.05) is 44.1 Å². The Morgan fingerprint density at radius 1 is 1.14 bits per heavy atom. The molecule has 4 rings (SSSR count). The van der Waals surface area contributed by atoms with E-state index in [0.717, 1.165) is 5.69 Å². The predicted molar refractivity (Wildman–Crippen MR) is 134 cm³/mol. The highest BCUT2D eigenvalue weighted by Gasteiger charge is 2.69. The van der Waals surface area contributed by atoms with Gasteiger partial charge in [0.15, 0.2) is 34.7 Å². The maximum Gasteiger partial charge on any atom is 0.235 e. The minimum atomic E-state index is -2.68. The number of carbonyl (C=O) groups excluding carboxylic acids is 5. The number of anilines is 1. The fourth-order valence-corrected chi connectivity index (χ4v) is 6.82. The molecule has 1 aromatic carbocycles. The first-order valence-corrected chi connectivity index (χ1v) is 12.5. The molecule has 2 saturated carbocycles. The van der Waals surface area contributed by atoms with Crippen molar-refractivity contribution in [2.45, 2.75) is 38.8 Å². The van der Waals surface area contributed by atoms with Gasteiger partial charge in [-0.25, -0.2) is 0 Å². The van der Waals surface area contributed by atoms with Gasteiger partial charge in [0.1, 0.15) is 5.75 Å². The summed E-state index contributed by atoms with van der Waals surface area (Å²) in [5.74, 6) is -11.4. The van der Waals surface area contributed by atoms with E-state index in [9.17, 15) is 34.2 Å². The van der Waals surface area contributed by atoms with Crippen molar-refractivity contribution in [2.24, 2.45) is 41.2 Å². The first-order chi connectivity index (χ1) is 17.1. The zero-order chi connectivity index (χ0) is 27.7. The van der Waals surface area contributed by atoms with Crippen molar-refractivity contribution < 1.29 is 34.2 Å². The lowest BCUT2D eigenvalue weighted by molar-refractivity contribution is -0.182. The van der Waals surface area contributed by atoms with Crippen LogP contribution in [0.15, 0.2) is 6.07 Å². The second-order valence-corrected chi connectivity index (χ2v) is 11.5. The number of amides is 1. The molecule has 0 saturated heterocycles. The minimum absolute atomic E-state index is 0.0193. The highest BCUT2D eigenvalue weighted by atomic mass is 16.3. The lowest BCUT2D eigenvalue weighted by Gasteiger charge is -2.52. The van der Waals surface area contributed by atoms with Gasteiger partial charge in [-0.3, -0.25) is 24.0 Å². The predicted octanol–water partition coefficient (Wildman–Crippen LogP) is 0.337. The maximum atomic E-state index is 13.9. The van der Waals surface area contributed by atoms with Crippen molar-refractivity contribution in [3.63, 3.8) is 0 Å². The second kappa shape index (κ2) is 9.02. The summed E-state index contributed by atoms with van der Waals surface area (Å²) in [4.78, 5) is 70.2. The zero-order valence-corrected chi connectivity index (χ0v) is 22.1. The molecular weight excluding hydrogens is 478 g/mol. The van der Waals surface area contributed by atoms with Gasteiger partial charge in [-0.1, -0.05) is 13.8 Å². The van der Waals surface area contributed by atoms with E-state index < -0.39 is 64.2 Å². The smallest absolute Gasteiger partial charge is 0.235 e. The van der Waals surface area contributed by atoms with Gasteiger partial charge in [-0.2, -0.15) is 0 Å². The Morgan fingerprint density at radius 2 is 1.76 bits per heavy atom. The Labute approximate surface area is 215 Å². The Hall–Kier alpha value is -3.11. The number of rotatable bonds is 5. The number of hydrogen-bond donors (Lipinski definition) is 3. The van der Waals surface area contributed by atoms with Crippen molar-refractivity contribution >= 4 is 34.7 Å². The number of primary amides is 1. The van der Waals surface area contributed by atoms with Crippen LogP contribution in [0.3, 0.4) is 0 Å². The molecule has 200 valence electrons. The van der Waals surface area contributed by atoms with Gasteiger partial charge in [0.25, 0.3) is 0 Å². The molecule has 1 amide bonds. The van der Waals surface area contributed by atoms with E-state index in [4.69, 9.17) is 5.73 Å². The van der Waals surface area contributed by atoms with Crippen molar-refractivity contribution in [2.75, 3.05) is 33.1 Å². The molecule has 10 heteroatoms. The van der Waals surface area contributed by atoms with Crippen LogP contribution in [0.1, 0.15) is 41.8 Å². The molecule has 0 aliphatic heterocycles. The van der Waals surface area contributed by atoms with E-state index in [-0.39, 0.29) is 30.1 Å². The number of nitrogens with zero attached hydrogens (tertiary/aromatic N) is 2. The van der Waals surface area contributed by atoms with Crippen LogP contribution in [-0.4, -0.2) is 77.9 Å². The Bertz CT molecular complexity index is 1220. The number of Topliss-reactive ketones (excluding diaryl/α,β-unsaturated/α-hetero) is 4. The van der Waals surface area contributed by atoms with Gasteiger partial charge in [0.05, 0.1) is 11.5 Å². The fraction of sp³-hybridized carbons (Fsp3) is 0.593. The van der Waals surface area contributed by atoms with Crippen molar-refractivity contribution in [1.29, 1.82) is 0 Å². The van der Waals surface area contributed by atoms with Gasteiger partial charge in [-0.15, -0.1) is 0 Å². The van der Waals surface area contributed by atoms with E-state index in [2.05, 4.69) is 0 Å². The summed E-state index contributed by atoms with van der Waals surface area (Å²) in [7, 11) is 7.29. The number of fused-ring (bicyclic) bond motifs is 3. The molecule has 10 nitrogen and oxygen atoms in total. The minimum Gasteiger partial charge on any atom is -0.507 e. The summed E-state index contributed by atoms with van der Waals surface area (Å²) in [6.45, 7) is 3.80. The SMILES string of the molecule is CC(C)[C@@H]1C(=O)C(C(N)=O)C(=O)[C@@]2(O)C(=O)C3C(=O)c4c(O)c(CN(C)C)cc(N(C)C)c4C[C@H]3C[C@@H]12. The van der Waals surface area contributed by atoms with Gasteiger partial charge in [0, 0.05) is 43.7 Å². The maximum absolute atomic E-state index is 13.9. The lowest BCUT2D eigenvalue weighted by Crippen LogP contribution is -2.71. The summed E-state index contributed by atoms with van der Waals surface area (Å²) in [5, 5.41) is 22.8. The molecule has 3 aliphatic rings. The molecule has 4 N–H and O–H groups in total. The van der Waals surface area contributed by atoms with Crippen LogP contribution in [0.4, 0.5) is 5.69 Å². The number of benzene rings is 1. The van der Waals surface area contributed by atoms with Gasteiger partial charge >= 0.3 is 0 Å². The Balaban J connectivity index is 1.90. The topological polar surface area (TPSA) is 158 Å². The van der Waals surface area contributed by atoms with Crippen LogP contribution in [0.2, 0.25) is 0 Å². The van der Waals surface area contributed by atoms with Crippen molar-refractivity contribution in [1.82, 2.24) is 4.90 Å². The van der Waals surface area contributed by atoms with Crippen LogP contribution in [0.5, 0.6) is 5.75 Å². The van der Waals surface area contributed by atoms with Crippen molar-refractivity contribution in [3.05, 3.63) is 22.8 Å². The normalized spacial score (nSPS) is 31.3. The van der Waals surface area contributed by atoms with Crippen molar-refractivity contribution in [3.8, 4) is 5.75 Å². The van der Waals surface area contributed by atoms with E-state index in [1.165, 1.54) is 0 Å². The molecular formula is C27H35N3O7. The number of nitrogens with two attached hydrogens (primary N) is 1. The molecule has 3 aliphatic carbocycles. The number of hydrogen-bond acceptors (Lipinski definition) is 9. The monoisotopic (exact) mass is 513 g/mol. The molecule has 2 fully saturated rings. The van der Waals surface area contributed by atoms with Crippen LogP contribution in [0, 0.1) is 35.5 Å². The molecule has 0 aromatic heterocycles. The highest BCUT2D eigenvalue weighted by Crippen LogP contribution is 2.54. The molecule has 37 heavy (non-hydrogen) atoms. The third-order valence-corrected chi connectivity index (χ3v) is 8.34. The van der Waals surface area contributed by atoms with E-state index in [1.54, 1.807) is 13.8 Å². The summed E-state index contributed by atoms with van der Waals surface area (Å²) in [6.07, 6.45) is 0.316. The lowest BCUT2D eigenvalue weighted by atomic mass is 9.49. The van der Waals surface area contributed by atoms with Gasteiger partial charge in [-0.05, 0) is 50.4 Å². The molecule has 0 spiro atoms. The summed E-state index contributed by atoms with van der Waals surface area (Å²) in [5.41, 5.74) is 4.54. The highest BCUT2D eigenvalue weighted by molar-refractivity contribution is 6.32. The zero-order valence-electron chi connectivity index (χ0n) is 22.1. The molecule has 0 bridgehead atoms. The average Bonchev–Trinajstić information content (AvgIpc) is 2.77. The van der Waals surface area contributed by atoms with E-state index in [0.29, 0.717) is 17.7 Å². The quantitative estimate of drug-likeness (QED) is 0.472. The van der Waals surface area contributed by atoms with Crippen LogP contribution >= 0.6 is 0 Å². The number of carbonyl (C=O) groups is 5. The first-order valence-electron chi connectivity index (χ1n) is 12.5. The second-order valence-electron chi connectivity index (χ2n) is 11.5. The standard InChI is InChI=1S/C27H35N3O7/c1-11(2)17-15-8-12-7-14-16(30(5)6)9-13(10-29(3)4)21(31)19(14)23(33)18(12)24(34)27(15,37)25(35)20(22(17)32)26(28)36/h9,11-12,15,17-18,20,31,37H,7-8,10H2,1-6H3,(H2,28,36)/t12-,15-,17-,18?,20?,27-/m0/s1. The van der Waals surface area contributed by atoms with E-state index >= 15 is 0 Å². The molecule has 2 unspecified atom stereocenters. The molecule has 6 atom stereocenters. The van der Waals surface area contributed by atoms with Gasteiger partial charge < -0.3 is 25.7 Å². The Morgan fingerprint density at radius 3 is 2.27 bits per heavy atom. The first kappa shape index (κ1) is 26.9. The van der Waals surface area contributed by atoms with Gasteiger partial charge in [0.2, 0.25) is 5.91 Å². The van der Waals surface area contributed by atoms with Crippen LogP contribution in [0.25, 0.3) is 0 Å². The molecule has 1 aromatic rings. The molecule has 0 radical (unpaired) electrons. The third-order valence-electron chi connectivity index (χ3n) is 8.34. The summed E-state index contributed by atoms with van der Waals surface area (Å²) >= 11 is 0. The number of phenols is 1. The average molecular weight is 514 g/mol. The number of aliphatic hydroxyl groups is 1. The van der Waals surface area contributed by atoms with Crippen LogP contribution < -0.4 is 10.6 Å². The fourth-order valence-electron chi connectivity index (χ4n) is 6.82. The Kier molecular flexibility index (Phi) is 6.57. The number of phenolic OH excluding ortho intramolecular Hbond substituents is 1. The number of aromatic hydroxyl groups is 1. The third kappa shape index (κ3) is 3.80. The number of ketones is 4. The summed E-state index contributed by atoms with van der Waals surface area (Å²) in [6, 6.07) is 1.82.